The number of hydrogen-bond donors (Lipinski definition) is 1. The monoisotopic (exact) mass is 305 g/mol. The molecule has 1 fully saturated rings. The topological polar surface area (TPSA) is 33.1 Å². The standard InChI is InChI=1S/C16H19NOS2/c1-10-11(2)20-15(9-19-10)16(18)13-7-12-5-3-4-6-14(12)17-8-13/h3-8,10-11,15-16,18H,9H2,1-2H3. The maximum atomic E-state index is 10.6. The molecule has 1 aliphatic rings. The average molecular weight is 305 g/mol. The minimum Gasteiger partial charge on any atom is -0.387 e. The fourth-order valence-corrected chi connectivity index (χ4v) is 5.44. The van der Waals surface area contributed by atoms with Crippen molar-refractivity contribution in [2.75, 3.05) is 5.75 Å². The fraction of sp³-hybridized carbons (Fsp3) is 0.438. The van der Waals surface area contributed by atoms with E-state index in [4.69, 9.17) is 0 Å². The molecule has 0 amide bonds. The number of aliphatic hydroxyl groups is 1. The summed E-state index contributed by atoms with van der Waals surface area (Å²) in [5.41, 5.74) is 1.92. The second kappa shape index (κ2) is 5.96. The molecule has 1 aromatic carbocycles. The third kappa shape index (κ3) is 2.83. The number of fused-ring (bicyclic) bond motifs is 1. The zero-order valence-corrected chi connectivity index (χ0v) is 13.3. The first kappa shape index (κ1) is 14.2. The SMILES string of the molecule is CC1SCC(C(O)c2cnc3ccccc3c2)SC1C. The van der Waals surface area contributed by atoms with Crippen LogP contribution in [0.5, 0.6) is 0 Å². The van der Waals surface area contributed by atoms with E-state index in [9.17, 15) is 5.11 Å². The van der Waals surface area contributed by atoms with E-state index in [1.54, 1.807) is 0 Å². The van der Waals surface area contributed by atoms with E-state index in [-0.39, 0.29) is 5.25 Å². The van der Waals surface area contributed by atoms with Crippen molar-refractivity contribution in [3.05, 3.63) is 42.1 Å². The van der Waals surface area contributed by atoms with Gasteiger partial charge >= 0.3 is 0 Å². The normalized spacial score (nSPS) is 28.4. The number of thioether (sulfide) groups is 2. The van der Waals surface area contributed by atoms with Gasteiger partial charge in [-0.2, -0.15) is 23.5 Å². The maximum absolute atomic E-state index is 10.6. The summed E-state index contributed by atoms with van der Waals surface area (Å²) in [4.78, 5) is 4.45. The molecule has 0 radical (unpaired) electrons. The molecule has 4 unspecified atom stereocenters. The van der Waals surface area contributed by atoms with Crippen LogP contribution < -0.4 is 0 Å². The first-order valence-corrected chi connectivity index (χ1v) is 8.94. The van der Waals surface area contributed by atoms with E-state index in [0.717, 1.165) is 22.2 Å². The molecule has 4 atom stereocenters. The van der Waals surface area contributed by atoms with E-state index in [1.165, 1.54) is 0 Å². The van der Waals surface area contributed by atoms with E-state index < -0.39 is 6.10 Å². The molecule has 0 spiro atoms. The zero-order valence-electron chi connectivity index (χ0n) is 11.7. The van der Waals surface area contributed by atoms with Crippen molar-refractivity contribution in [2.24, 2.45) is 0 Å². The lowest BCUT2D eigenvalue weighted by Crippen LogP contribution is -2.30. The van der Waals surface area contributed by atoms with Crippen LogP contribution >= 0.6 is 23.5 Å². The molecule has 2 heterocycles. The molecule has 20 heavy (non-hydrogen) atoms. The first-order valence-electron chi connectivity index (χ1n) is 6.95. The number of aliphatic hydroxyl groups excluding tert-OH is 1. The van der Waals surface area contributed by atoms with Crippen molar-refractivity contribution in [3.8, 4) is 0 Å². The van der Waals surface area contributed by atoms with Crippen molar-refractivity contribution < 1.29 is 5.11 Å². The summed E-state index contributed by atoms with van der Waals surface area (Å²) in [7, 11) is 0. The molecule has 1 N–H and O–H groups in total. The largest absolute Gasteiger partial charge is 0.387 e. The molecule has 3 rings (SSSR count). The van der Waals surface area contributed by atoms with Crippen molar-refractivity contribution in [1.29, 1.82) is 0 Å². The van der Waals surface area contributed by atoms with Crippen LogP contribution in [0.2, 0.25) is 0 Å². The minimum atomic E-state index is -0.431. The molecule has 2 aromatic rings. The summed E-state index contributed by atoms with van der Waals surface area (Å²) in [6.45, 7) is 4.52. The Morgan fingerprint density at radius 1 is 1.25 bits per heavy atom. The van der Waals surface area contributed by atoms with Crippen LogP contribution in [0.1, 0.15) is 25.5 Å². The van der Waals surface area contributed by atoms with Crippen LogP contribution in [-0.2, 0) is 0 Å². The number of para-hydroxylation sites is 1. The summed E-state index contributed by atoms with van der Waals surface area (Å²) in [5.74, 6) is 1.00. The first-order chi connectivity index (χ1) is 9.65. The smallest absolute Gasteiger partial charge is 0.0931 e. The van der Waals surface area contributed by atoms with Gasteiger partial charge in [-0.3, -0.25) is 4.98 Å². The van der Waals surface area contributed by atoms with Crippen LogP contribution in [0.4, 0.5) is 0 Å². The van der Waals surface area contributed by atoms with E-state index in [0.29, 0.717) is 10.5 Å². The van der Waals surface area contributed by atoms with Gasteiger partial charge in [0.15, 0.2) is 0 Å². The highest BCUT2D eigenvalue weighted by Gasteiger charge is 2.31. The van der Waals surface area contributed by atoms with Gasteiger partial charge in [-0.15, -0.1) is 0 Å². The number of nitrogens with zero attached hydrogens (tertiary/aromatic N) is 1. The average Bonchev–Trinajstić information content (AvgIpc) is 2.49. The van der Waals surface area contributed by atoms with Gasteiger partial charge in [0.25, 0.3) is 0 Å². The molecule has 4 heteroatoms. The molecule has 2 nitrogen and oxygen atoms in total. The molecule has 0 bridgehead atoms. The number of pyridine rings is 1. The summed E-state index contributed by atoms with van der Waals surface area (Å²) in [6.07, 6.45) is 1.39. The quantitative estimate of drug-likeness (QED) is 0.912. The lowest BCUT2D eigenvalue weighted by Gasteiger charge is -2.33. The van der Waals surface area contributed by atoms with E-state index >= 15 is 0 Å². The zero-order chi connectivity index (χ0) is 14.1. The number of aromatic nitrogens is 1. The van der Waals surface area contributed by atoms with Crippen molar-refractivity contribution in [3.63, 3.8) is 0 Å². The van der Waals surface area contributed by atoms with Crippen molar-refractivity contribution >= 4 is 34.4 Å². The minimum absolute atomic E-state index is 0.258. The number of benzene rings is 1. The van der Waals surface area contributed by atoms with Crippen molar-refractivity contribution in [2.45, 2.75) is 35.7 Å². The van der Waals surface area contributed by atoms with Gasteiger partial charge in [0.05, 0.1) is 11.6 Å². The molecule has 106 valence electrons. The summed E-state index contributed by atoms with van der Waals surface area (Å²) < 4.78 is 0. The van der Waals surface area contributed by atoms with Crippen LogP contribution in [0, 0.1) is 0 Å². The molecular formula is C16H19NOS2. The second-order valence-corrected chi connectivity index (χ2v) is 8.36. The Morgan fingerprint density at radius 3 is 2.85 bits per heavy atom. The molecule has 0 saturated carbocycles. The molecule has 0 aliphatic carbocycles. The van der Waals surface area contributed by atoms with Gasteiger partial charge in [-0.1, -0.05) is 32.0 Å². The highest BCUT2D eigenvalue weighted by Crippen LogP contribution is 2.41. The van der Waals surface area contributed by atoms with Crippen LogP contribution in [0.25, 0.3) is 10.9 Å². The predicted octanol–water partition coefficient (Wildman–Crippen LogP) is 3.89. The molecule has 1 aromatic heterocycles. The molecular weight excluding hydrogens is 286 g/mol. The van der Waals surface area contributed by atoms with E-state index in [2.05, 4.69) is 24.9 Å². The van der Waals surface area contributed by atoms with Gasteiger partial charge in [0, 0.05) is 38.6 Å². The Labute approximate surface area is 128 Å². The highest BCUT2D eigenvalue weighted by atomic mass is 32.2. The number of hydrogen-bond acceptors (Lipinski definition) is 4. The van der Waals surface area contributed by atoms with Gasteiger partial charge < -0.3 is 5.11 Å². The predicted molar refractivity (Wildman–Crippen MR) is 89.5 cm³/mol. The Kier molecular flexibility index (Phi) is 4.24. The van der Waals surface area contributed by atoms with Gasteiger partial charge in [-0.05, 0) is 12.1 Å². The van der Waals surface area contributed by atoms with Crippen LogP contribution in [0.3, 0.4) is 0 Å². The van der Waals surface area contributed by atoms with Crippen molar-refractivity contribution in [1.82, 2.24) is 4.98 Å². The van der Waals surface area contributed by atoms with Crippen LogP contribution in [-0.4, -0.2) is 31.6 Å². The van der Waals surface area contributed by atoms with Gasteiger partial charge in [0.2, 0.25) is 0 Å². The Bertz CT molecular complexity index is 604. The maximum Gasteiger partial charge on any atom is 0.0931 e. The molecule has 1 aliphatic heterocycles. The third-order valence-electron chi connectivity index (χ3n) is 3.88. The Hall–Kier alpha value is -0.710. The lowest BCUT2D eigenvalue weighted by atomic mass is 10.1. The van der Waals surface area contributed by atoms with Gasteiger partial charge in [0.1, 0.15) is 0 Å². The Morgan fingerprint density at radius 2 is 2.05 bits per heavy atom. The lowest BCUT2D eigenvalue weighted by molar-refractivity contribution is 0.180. The summed E-state index contributed by atoms with van der Waals surface area (Å²) >= 11 is 3.86. The van der Waals surface area contributed by atoms with Crippen LogP contribution in [0.15, 0.2) is 36.5 Å². The highest BCUT2D eigenvalue weighted by molar-refractivity contribution is 8.07. The Balaban J connectivity index is 1.83. The van der Waals surface area contributed by atoms with E-state index in [1.807, 2.05) is 54.0 Å². The van der Waals surface area contributed by atoms with Gasteiger partial charge in [-0.25, -0.2) is 0 Å². The number of rotatable bonds is 2. The third-order valence-corrected chi connectivity index (χ3v) is 7.36. The summed E-state index contributed by atoms with van der Waals surface area (Å²) in [5, 5.41) is 13.2. The fourth-order valence-electron chi connectivity index (χ4n) is 2.44. The molecule has 1 saturated heterocycles. The second-order valence-electron chi connectivity index (χ2n) is 5.32. The summed E-state index contributed by atoms with van der Waals surface area (Å²) in [6, 6.07) is 10.1.